The number of nitrogens with zero attached hydrogens (tertiary/aromatic N) is 4. The zero-order chi connectivity index (χ0) is 11.8. The van der Waals surface area contributed by atoms with Crippen LogP contribution in [0.2, 0.25) is 0 Å². The van der Waals surface area contributed by atoms with Crippen LogP contribution in [0.3, 0.4) is 0 Å². The van der Waals surface area contributed by atoms with E-state index in [4.69, 9.17) is 4.74 Å². The molecule has 3 rings (SSSR count). The summed E-state index contributed by atoms with van der Waals surface area (Å²) in [5.74, 6) is 2.10. The minimum atomic E-state index is 0.783. The Morgan fingerprint density at radius 3 is 2.76 bits per heavy atom. The Labute approximate surface area is 100 Å². The third kappa shape index (κ3) is 1.76. The molecule has 0 aliphatic carbocycles. The van der Waals surface area contributed by atoms with E-state index in [9.17, 15) is 0 Å². The minimum absolute atomic E-state index is 0.783. The third-order valence-electron chi connectivity index (χ3n) is 3.11. The predicted octanol–water partition coefficient (Wildman–Crippen LogP) is 1.18. The van der Waals surface area contributed by atoms with Crippen molar-refractivity contribution in [3.05, 3.63) is 23.8 Å². The highest BCUT2D eigenvalue weighted by molar-refractivity contribution is 5.53. The lowest BCUT2D eigenvalue weighted by Gasteiger charge is -2.28. The van der Waals surface area contributed by atoms with Gasteiger partial charge in [0, 0.05) is 24.8 Å². The monoisotopic (exact) mass is 232 g/mol. The Balaban J connectivity index is 2.10. The molecule has 0 radical (unpaired) electrons. The van der Waals surface area contributed by atoms with Gasteiger partial charge in [-0.25, -0.2) is 9.97 Å². The average Bonchev–Trinajstić information content (AvgIpc) is 2.74. The van der Waals surface area contributed by atoms with Crippen LogP contribution in [-0.2, 0) is 4.74 Å². The van der Waals surface area contributed by atoms with Crippen molar-refractivity contribution in [2.75, 3.05) is 31.2 Å². The van der Waals surface area contributed by atoms with Crippen LogP contribution >= 0.6 is 0 Å². The first-order valence-electron chi connectivity index (χ1n) is 5.90. The summed E-state index contributed by atoms with van der Waals surface area (Å²) in [5.41, 5.74) is 1.98. The van der Waals surface area contributed by atoms with Crippen LogP contribution in [0.1, 0.15) is 11.5 Å². The number of anilines is 1. The lowest BCUT2D eigenvalue weighted by atomic mass is 10.4. The Bertz CT molecular complexity index is 543. The summed E-state index contributed by atoms with van der Waals surface area (Å²) in [6.45, 7) is 7.42. The summed E-state index contributed by atoms with van der Waals surface area (Å²) in [7, 11) is 0. The lowest BCUT2D eigenvalue weighted by molar-refractivity contribution is 0.122. The van der Waals surface area contributed by atoms with Gasteiger partial charge in [-0.15, -0.1) is 0 Å². The fourth-order valence-electron chi connectivity index (χ4n) is 2.33. The van der Waals surface area contributed by atoms with Crippen LogP contribution < -0.4 is 4.90 Å². The molecule has 0 unspecified atom stereocenters. The molecule has 90 valence electrons. The van der Waals surface area contributed by atoms with Gasteiger partial charge in [-0.05, 0) is 13.8 Å². The molecule has 1 fully saturated rings. The van der Waals surface area contributed by atoms with E-state index in [2.05, 4.69) is 19.3 Å². The van der Waals surface area contributed by atoms with Gasteiger partial charge in [0.25, 0.3) is 0 Å². The van der Waals surface area contributed by atoms with Crippen molar-refractivity contribution in [2.24, 2.45) is 0 Å². The summed E-state index contributed by atoms with van der Waals surface area (Å²) in [6, 6.07) is 2.01. The standard InChI is InChI=1S/C12H16N4O/c1-9-7-11-13-8-12(16(11)10(2)14-9)15-3-5-17-6-4-15/h7-8H,3-6H2,1-2H3. The zero-order valence-electron chi connectivity index (χ0n) is 10.2. The van der Waals surface area contributed by atoms with Gasteiger partial charge in [-0.3, -0.25) is 4.40 Å². The number of ether oxygens (including phenoxy) is 1. The van der Waals surface area contributed by atoms with Crippen molar-refractivity contribution >= 4 is 11.5 Å². The van der Waals surface area contributed by atoms with E-state index in [1.807, 2.05) is 26.1 Å². The van der Waals surface area contributed by atoms with Gasteiger partial charge in [-0.1, -0.05) is 0 Å². The molecule has 1 aliphatic heterocycles. The second-order valence-electron chi connectivity index (χ2n) is 4.35. The van der Waals surface area contributed by atoms with Crippen LogP contribution in [0.15, 0.2) is 12.3 Å². The topological polar surface area (TPSA) is 42.7 Å². The first-order chi connectivity index (χ1) is 8.25. The molecule has 1 aliphatic rings. The number of aromatic nitrogens is 3. The maximum absolute atomic E-state index is 5.37. The molecule has 5 heteroatoms. The maximum Gasteiger partial charge on any atom is 0.141 e. The molecule has 2 aromatic heterocycles. The van der Waals surface area contributed by atoms with Crippen LogP contribution in [0.5, 0.6) is 0 Å². The van der Waals surface area contributed by atoms with Gasteiger partial charge in [0.15, 0.2) is 0 Å². The van der Waals surface area contributed by atoms with Gasteiger partial charge < -0.3 is 9.64 Å². The van der Waals surface area contributed by atoms with Crippen LogP contribution in [-0.4, -0.2) is 40.7 Å². The number of imidazole rings is 1. The van der Waals surface area contributed by atoms with E-state index in [-0.39, 0.29) is 0 Å². The van der Waals surface area contributed by atoms with Crippen molar-refractivity contribution in [2.45, 2.75) is 13.8 Å². The molecule has 2 aromatic rings. The molecule has 0 amide bonds. The zero-order valence-corrected chi connectivity index (χ0v) is 10.2. The summed E-state index contributed by atoms with van der Waals surface area (Å²) in [6.07, 6.45) is 1.93. The molecule has 3 heterocycles. The largest absolute Gasteiger partial charge is 0.378 e. The third-order valence-corrected chi connectivity index (χ3v) is 3.11. The van der Waals surface area contributed by atoms with Crippen LogP contribution in [0.25, 0.3) is 5.65 Å². The molecular weight excluding hydrogens is 216 g/mol. The molecule has 0 atom stereocenters. The molecule has 1 saturated heterocycles. The van der Waals surface area contributed by atoms with Crippen molar-refractivity contribution < 1.29 is 4.74 Å². The summed E-state index contributed by atoms with van der Waals surface area (Å²) < 4.78 is 7.48. The Morgan fingerprint density at radius 1 is 1.24 bits per heavy atom. The fourth-order valence-corrected chi connectivity index (χ4v) is 2.33. The quantitative estimate of drug-likeness (QED) is 0.740. The molecule has 17 heavy (non-hydrogen) atoms. The van der Waals surface area contributed by atoms with E-state index in [0.29, 0.717) is 0 Å². The predicted molar refractivity (Wildman–Crippen MR) is 65.5 cm³/mol. The highest BCUT2D eigenvalue weighted by Gasteiger charge is 2.16. The summed E-state index contributed by atoms with van der Waals surface area (Å²) in [5, 5.41) is 0. The SMILES string of the molecule is Cc1cc2ncc(N3CCOCC3)n2c(C)n1. The second-order valence-corrected chi connectivity index (χ2v) is 4.35. The van der Waals surface area contributed by atoms with E-state index in [1.54, 1.807) is 0 Å². The molecule has 5 nitrogen and oxygen atoms in total. The van der Waals surface area contributed by atoms with Crippen LogP contribution in [0, 0.1) is 13.8 Å². The van der Waals surface area contributed by atoms with Gasteiger partial charge in [0.1, 0.15) is 17.3 Å². The number of hydrogen-bond acceptors (Lipinski definition) is 4. The normalized spacial score (nSPS) is 16.7. The smallest absolute Gasteiger partial charge is 0.141 e. The van der Waals surface area contributed by atoms with Crippen molar-refractivity contribution in [1.29, 1.82) is 0 Å². The van der Waals surface area contributed by atoms with Gasteiger partial charge in [0.05, 0.1) is 19.4 Å². The number of rotatable bonds is 1. The van der Waals surface area contributed by atoms with Gasteiger partial charge in [-0.2, -0.15) is 0 Å². The Hall–Kier alpha value is -1.62. The molecule has 0 N–H and O–H groups in total. The van der Waals surface area contributed by atoms with E-state index in [0.717, 1.165) is 49.3 Å². The van der Waals surface area contributed by atoms with E-state index in [1.165, 1.54) is 0 Å². The number of morpholine rings is 1. The summed E-state index contributed by atoms with van der Waals surface area (Å²) in [4.78, 5) is 11.2. The van der Waals surface area contributed by atoms with Crippen molar-refractivity contribution in [3.8, 4) is 0 Å². The van der Waals surface area contributed by atoms with Crippen LogP contribution in [0.4, 0.5) is 5.82 Å². The Morgan fingerprint density at radius 2 is 2.00 bits per heavy atom. The van der Waals surface area contributed by atoms with Crippen molar-refractivity contribution in [3.63, 3.8) is 0 Å². The minimum Gasteiger partial charge on any atom is -0.378 e. The molecule has 0 aromatic carbocycles. The van der Waals surface area contributed by atoms with E-state index >= 15 is 0 Å². The highest BCUT2D eigenvalue weighted by atomic mass is 16.5. The lowest BCUT2D eigenvalue weighted by Crippen LogP contribution is -2.37. The molecule has 0 saturated carbocycles. The Kier molecular flexibility index (Phi) is 2.48. The first kappa shape index (κ1) is 10.5. The van der Waals surface area contributed by atoms with Gasteiger partial charge in [0.2, 0.25) is 0 Å². The van der Waals surface area contributed by atoms with Gasteiger partial charge >= 0.3 is 0 Å². The molecule has 0 bridgehead atoms. The molecule has 0 spiro atoms. The van der Waals surface area contributed by atoms with E-state index < -0.39 is 0 Å². The number of fused-ring (bicyclic) bond motifs is 1. The average molecular weight is 232 g/mol. The maximum atomic E-state index is 5.37. The second kappa shape index (κ2) is 4.00. The summed E-state index contributed by atoms with van der Waals surface area (Å²) >= 11 is 0. The molecular formula is C12H16N4O. The fraction of sp³-hybridized carbons (Fsp3) is 0.500. The first-order valence-corrected chi connectivity index (χ1v) is 5.90. The highest BCUT2D eigenvalue weighted by Crippen LogP contribution is 2.19. The number of aryl methyl sites for hydroxylation is 2. The van der Waals surface area contributed by atoms with Crippen molar-refractivity contribution in [1.82, 2.24) is 14.4 Å². The number of hydrogen-bond donors (Lipinski definition) is 0.